The first-order valence-electron chi connectivity index (χ1n) is 5.32. The fraction of sp³-hybridized carbons (Fsp3) is 0.0769. The SMILES string of the molecule is NN[C@@H](c1ccc(Cl)cc1)c1cc(F)ccc1O. The van der Waals surface area contributed by atoms with Gasteiger partial charge in [0.1, 0.15) is 11.6 Å². The Balaban J connectivity index is 2.44. The lowest BCUT2D eigenvalue weighted by Crippen LogP contribution is -2.28. The Morgan fingerprint density at radius 3 is 2.44 bits per heavy atom. The number of benzene rings is 2. The predicted octanol–water partition coefficient (Wildman–Crippen LogP) is 2.74. The number of hydrogen-bond acceptors (Lipinski definition) is 3. The number of phenols is 1. The molecule has 2 aromatic rings. The number of hydrogen-bond donors (Lipinski definition) is 3. The van der Waals surface area contributed by atoms with E-state index in [1.807, 2.05) is 0 Å². The highest BCUT2D eigenvalue weighted by atomic mass is 35.5. The summed E-state index contributed by atoms with van der Waals surface area (Å²) in [7, 11) is 0. The van der Waals surface area contributed by atoms with Crippen LogP contribution in [0.2, 0.25) is 5.02 Å². The molecule has 0 aliphatic carbocycles. The Morgan fingerprint density at radius 2 is 1.83 bits per heavy atom. The second-order valence-corrected chi connectivity index (χ2v) is 4.29. The van der Waals surface area contributed by atoms with E-state index in [1.165, 1.54) is 18.2 Å². The van der Waals surface area contributed by atoms with Crippen molar-refractivity contribution in [3.63, 3.8) is 0 Å². The third-order valence-electron chi connectivity index (χ3n) is 2.67. The zero-order valence-corrected chi connectivity index (χ0v) is 10.2. The van der Waals surface area contributed by atoms with E-state index in [1.54, 1.807) is 24.3 Å². The molecule has 0 fully saturated rings. The first kappa shape index (κ1) is 12.8. The van der Waals surface area contributed by atoms with E-state index in [0.29, 0.717) is 10.6 Å². The van der Waals surface area contributed by atoms with E-state index in [-0.39, 0.29) is 5.75 Å². The van der Waals surface area contributed by atoms with Gasteiger partial charge in [-0.05, 0) is 35.9 Å². The van der Waals surface area contributed by atoms with Gasteiger partial charge >= 0.3 is 0 Å². The van der Waals surface area contributed by atoms with Gasteiger partial charge < -0.3 is 5.11 Å². The number of hydrazine groups is 1. The van der Waals surface area contributed by atoms with Crippen LogP contribution in [0.3, 0.4) is 0 Å². The van der Waals surface area contributed by atoms with Crippen molar-refractivity contribution in [1.82, 2.24) is 5.43 Å². The minimum atomic E-state index is -0.502. The van der Waals surface area contributed by atoms with Crippen LogP contribution in [-0.2, 0) is 0 Å². The molecule has 94 valence electrons. The maximum absolute atomic E-state index is 13.2. The molecule has 2 aromatic carbocycles. The average Bonchev–Trinajstić information content (AvgIpc) is 2.37. The summed E-state index contributed by atoms with van der Waals surface area (Å²) in [5.41, 5.74) is 3.71. The highest BCUT2D eigenvalue weighted by molar-refractivity contribution is 6.30. The van der Waals surface area contributed by atoms with Gasteiger partial charge in [-0.15, -0.1) is 0 Å². The van der Waals surface area contributed by atoms with Gasteiger partial charge in [0.05, 0.1) is 6.04 Å². The predicted molar refractivity (Wildman–Crippen MR) is 68.7 cm³/mol. The highest BCUT2D eigenvalue weighted by Crippen LogP contribution is 2.29. The van der Waals surface area contributed by atoms with Crippen LogP contribution in [0.25, 0.3) is 0 Å². The Hall–Kier alpha value is -1.62. The second-order valence-electron chi connectivity index (χ2n) is 3.85. The van der Waals surface area contributed by atoms with Crippen LogP contribution in [0.15, 0.2) is 42.5 Å². The smallest absolute Gasteiger partial charge is 0.123 e. The van der Waals surface area contributed by atoms with E-state index in [2.05, 4.69) is 5.43 Å². The minimum absolute atomic E-state index is 0.0192. The summed E-state index contributed by atoms with van der Waals surface area (Å²) in [6.45, 7) is 0. The summed E-state index contributed by atoms with van der Waals surface area (Å²) in [6.07, 6.45) is 0. The van der Waals surface area contributed by atoms with E-state index in [4.69, 9.17) is 17.4 Å². The van der Waals surface area contributed by atoms with Crippen LogP contribution in [0.4, 0.5) is 4.39 Å². The van der Waals surface area contributed by atoms with Crippen molar-refractivity contribution >= 4 is 11.6 Å². The maximum Gasteiger partial charge on any atom is 0.123 e. The van der Waals surface area contributed by atoms with Gasteiger partial charge in [-0.3, -0.25) is 5.84 Å². The molecule has 0 spiro atoms. The lowest BCUT2D eigenvalue weighted by Gasteiger charge is -2.18. The molecule has 0 heterocycles. The van der Waals surface area contributed by atoms with Crippen LogP contribution in [0.1, 0.15) is 17.2 Å². The molecule has 0 radical (unpaired) electrons. The fourth-order valence-electron chi connectivity index (χ4n) is 1.78. The molecule has 0 saturated carbocycles. The molecular weight excluding hydrogens is 255 g/mol. The zero-order valence-electron chi connectivity index (χ0n) is 9.40. The summed E-state index contributed by atoms with van der Waals surface area (Å²) in [6, 6.07) is 10.2. The Labute approximate surface area is 109 Å². The Morgan fingerprint density at radius 1 is 1.17 bits per heavy atom. The fourth-order valence-corrected chi connectivity index (χ4v) is 1.90. The molecule has 0 aliphatic rings. The van der Waals surface area contributed by atoms with Crippen molar-refractivity contribution in [2.24, 2.45) is 5.84 Å². The molecule has 0 bridgehead atoms. The van der Waals surface area contributed by atoms with Gasteiger partial charge in [-0.25, -0.2) is 9.82 Å². The summed E-state index contributed by atoms with van der Waals surface area (Å²) in [4.78, 5) is 0. The standard InChI is InChI=1S/C13H12ClFN2O/c14-9-3-1-8(2-4-9)13(17-16)11-7-10(15)5-6-12(11)18/h1-7,13,17-18H,16H2/t13-/m0/s1. The van der Waals surface area contributed by atoms with E-state index in [0.717, 1.165) is 5.56 Å². The second kappa shape index (κ2) is 5.35. The first-order valence-corrected chi connectivity index (χ1v) is 5.69. The summed E-state index contributed by atoms with van der Waals surface area (Å²) in [5.74, 6) is 5.02. The number of rotatable bonds is 3. The van der Waals surface area contributed by atoms with E-state index >= 15 is 0 Å². The monoisotopic (exact) mass is 266 g/mol. The van der Waals surface area contributed by atoms with Crippen molar-refractivity contribution in [2.45, 2.75) is 6.04 Å². The maximum atomic E-state index is 13.2. The first-order chi connectivity index (χ1) is 8.61. The lowest BCUT2D eigenvalue weighted by molar-refractivity contribution is 0.455. The highest BCUT2D eigenvalue weighted by Gasteiger charge is 2.16. The number of nitrogens with two attached hydrogens (primary N) is 1. The van der Waals surface area contributed by atoms with Crippen molar-refractivity contribution in [3.05, 3.63) is 64.4 Å². The largest absolute Gasteiger partial charge is 0.508 e. The summed E-state index contributed by atoms with van der Waals surface area (Å²) in [5, 5.41) is 10.4. The van der Waals surface area contributed by atoms with Crippen molar-refractivity contribution < 1.29 is 9.50 Å². The number of aromatic hydroxyl groups is 1. The van der Waals surface area contributed by atoms with Gasteiger partial charge in [0, 0.05) is 10.6 Å². The topological polar surface area (TPSA) is 58.3 Å². The van der Waals surface area contributed by atoms with Crippen LogP contribution in [0.5, 0.6) is 5.75 Å². The molecule has 0 amide bonds. The zero-order chi connectivity index (χ0) is 13.1. The molecule has 0 saturated heterocycles. The van der Waals surface area contributed by atoms with Gasteiger partial charge in [0.2, 0.25) is 0 Å². The van der Waals surface area contributed by atoms with Crippen LogP contribution in [-0.4, -0.2) is 5.11 Å². The molecule has 4 N–H and O–H groups in total. The third kappa shape index (κ3) is 2.61. The normalized spacial score (nSPS) is 12.4. The van der Waals surface area contributed by atoms with Crippen LogP contribution < -0.4 is 11.3 Å². The van der Waals surface area contributed by atoms with E-state index < -0.39 is 11.9 Å². The van der Waals surface area contributed by atoms with Gasteiger partial charge in [0.15, 0.2) is 0 Å². The number of phenolic OH excluding ortho intramolecular Hbond substituents is 1. The Kier molecular flexibility index (Phi) is 3.81. The van der Waals surface area contributed by atoms with Gasteiger partial charge in [-0.1, -0.05) is 23.7 Å². The molecule has 0 aliphatic heterocycles. The number of nitrogens with one attached hydrogen (secondary N) is 1. The van der Waals surface area contributed by atoms with E-state index in [9.17, 15) is 9.50 Å². The third-order valence-corrected chi connectivity index (χ3v) is 2.92. The molecular formula is C13H12ClFN2O. The van der Waals surface area contributed by atoms with Crippen molar-refractivity contribution in [1.29, 1.82) is 0 Å². The molecule has 5 heteroatoms. The number of halogens is 2. The molecule has 1 atom stereocenters. The summed E-state index contributed by atoms with van der Waals surface area (Å²) < 4.78 is 13.2. The molecule has 18 heavy (non-hydrogen) atoms. The van der Waals surface area contributed by atoms with Gasteiger partial charge in [-0.2, -0.15) is 0 Å². The minimum Gasteiger partial charge on any atom is -0.508 e. The molecule has 0 aromatic heterocycles. The Bertz CT molecular complexity index is 545. The van der Waals surface area contributed by atoms with Crippen LogP contribution >= 0.6 is 11.6 Å². The molecule has 3 nitrogen and oxygen atoms in total. The quantitative estimate of drug-likeness (QED) is 0.591. The molecule has 2 rings (SSSR count). The lowest BCUT2D eigenvalue weighted by atomic mass is 9.98. The van der Waals surface area contributed by atoms with Crippen LogP contribution in [0, 0.1) is 5.82 Å². The van der Waals surface area contributed by atoms with Gasteiger partial charge in [0.25, 0.3) is 0 Å². The van der Waals surface area contributed by atoms with Crippen molar-refractivity contribution in [3.8, 4) is 5.75 Å². The molecule has 0 unspecified atom stereocenters. The summed E-state index contributed by atoms with van der Waals surface area (Å²) >= 11 is 5.80. The average molecular weight is 267 g/mol. The van der Waals surface area contributed by atoms with Crippen molar-refractivity contribution in [2.75, 3.05) is 0 Å².